The van der Waals surface area contributed by atoms with Crippen molar-refractivity contribution in [3.63, 3.8) is 0 Å². The lowest BCUT2D eigenvalue weighted by Crippen LogP contribution is -2.42. The van der Waals surface area contributed by atoms with Crippen LogP contribution in [-0.2, 0) is 4.74 Å². The molecule has 3 atom stereocenters. The first-order valence-corrected chi connectivity index (χ1v) is 3.49. The van der Waals surface area contributed by atoms with E-state index in [1.165, 1.54) is 12.3 Å². The molecule has 1 aliphatic heterocycles. The Labute approximate surface area is 74.3 Å². The summed E-state index contributed by atoms with van der Waals surface area (Å²) in [5.74, 6) is 0. The predicted octanol–water partition coefficient (Wildman–Crippen LogP) is -1.27. The molecular weight excluding hydrogens is 178 g/mol. The van der Waals surface area contributed by atoms with Crippen LogP contribution in [0.4, 0.5) is 0 Å². The molecular formula is C6H12N3O4+. The number of ether oxygens (including phenoxy) is 1. The zero-order valence-electron chi connectivity index (χ0n) is 6.79. The summed E-state index contributed by atoms with van der Waals surface area (Å²) in [7, 11) is 0. The molecule has 7 nitrogen and oxygen atoms in total. The molecule has 1 rings (SSSR count). The van der Waals surface area contributed by atoms with Crippen molar-refractivity contribution in [2.24, 2.45) is 0 Å². The van der Waals surface area contributed by atoms with Gasteiger partial charge in [0.05, 0.1) is 12.9 Å². The van der Waals surface area contributed by atoms with Crippen LogP contribution in [0, 0.1) is 11.1 Å². The third-order valence-corrected chi connectivity index (χ3v) is 1.44. The predicted molar refractivity (Wildman–Crippen MR) is 40.7 cm³/mol. The van der Waals surface area contributed by atoms with E-state index in [1.807, 2.05) is 4.91 Å². The maximum atomic E-state index is 9.05. The van der Waals surface area contributed by atoms with Gasteiger partial charge >= 0.3 is 0 Å². The second kappa shape index (κ2) is 6.27. The minimum absolute atomic E-state index is 0.289. The number of rotatable bonds is 1. The molecule has 7 heteroatoms. The van der Waals surface area contributed by atoms with Crippen molar-refractivity contribution >= 4 is 0 Å². The summed E-state index contributed by atoms with van der Waals surface area (Å²) in [4.78, 5) is 2.00. The van der Waals surface area contributed by atoms with Gasteiger partial charge in [0.2, 0.25) is 4.91 Å². The van der Waals surface area contributed by atoms with Crippen LogP contribution in [0.1, 0.15) is 0 Å². The van der Waals surface area contributed by atoms with E-state index in [-0.39, 0.29) is 6.61 Å². The number of hydrogen-bond donors (Lipinski definition) is 5. The summed E-state index contributed by atoms with van der Waals surface area (Å²) in [5.41, 5.74) is 11.0. The fourth-order valence-corrected chi connectivity index (χ4v) is 0.792. The fourth-order valence-electron chi connectivity index (χ4n) is 0.792. The zero-order chi connectivity index (χ0) is 10.3. The lowest BCUT2D eigenvalue weighted by molar-refractivity contribution is -0.0808. The van der Waals surface area contributed by atoms with Gasteiger partial charge in [0.1, 0.15) is 29.4 Å². The molecule has 74 valence electrons. The van der Waals surface area contributed by atoms with E-state index < -0.39 is 18.3 Å². The molecule has 0 fully saturated rings. The summed E-state index contributed by atoms with van der Waals surface area (Å²) in [5, 5.41) is 26.6. The van der Waals surface area contributed by atoms with Crippen molar-refractivity contribution in [1.29, 1.82) is 11.1 Å². The standard InChI is InChI=1S/C6H10O4.H2N3/c7-3-5-6(9)4(8)1-2-10-5;1-3-2/h1-2,4-9H,3H2;1-2H/q;+1/t4-,5-,6+;/m1./s1. The molecule has 1 heterocycles. The Bertz CT molecular complexity index is 202. The maximum absolute atomic E-state index is 9.05. The quantitative estimate of drug-likeness (QED) is 0.260. The van der Waals surface area contributed by atoms with Gasteiger partial charge in [-0.1, -0.05) is 0 Å². The summed E-state index contributed by atoms with van der Waals surface area (Å²) in [6.07, 6.45) is -0.0318. The van der Waals surface area contributed by atoms with Crippen molar-refractivity contribution in [2.75, 3.05) is 6.61 Å². The number of nitrogens with one attached hydrogen (secondary N) is 2. The Morgan fingerprint density at radius 2 is 1.92 bits per heavy atom. The molecule has 0 radical (unpaired) electrons. The molecule has 0 unspecified atom stereocenters. The first kappa shape index (κ1) is 11.7. The highest BCUT2D eigenvalue weighted by atomic mass is 16.5. The van der Waals surface area contributed by atoms with E-state index in [9.17, 15) is 0 Å². The Balaban J connectivity index is 0.000000424. The average molecular weight is 190 g/mol. The molecule has 1 aliphatic rings. The van der Waals surface area contributed by atoms with E-state index in [1.54, 1.807) is 0 Å². The van der Waals surface area contributed by atoms with Gasteiger partial charge in [0, 0.05) is 0 Å². The summed E-state index contributed by atoms with van der Waals surface area (Å²) < 4.78 is 4.77. The van der Waals surface area contributed by atoms with Gasteiger partial charge in [-0.3, -0.25) is 0 Å². The molecule has 13 heavy (non-hydrogen) atoms. The lowest BCUT2D eigenvalue weighted by atomic mass is 10.1. The highest BCUT2D eigenvalue weighted by Gasteiger charge is 2.27. The first-order valence-electron chi connectivity index (χ1n) is 3.49. The van der Waals surface area contributed by atoms with Crippen LogP contribution in [0.25, 0.3) is 0 Å². The molecule has 0 aromatic carbocycles. The third kappa shape index (κ3) is 3.77. The van der Waals surface area contributed by atoms with Gasteiger partial charge in [0.15, 0.2) is 0 Å². The van der Waals surface area contributed by atoms with Crippen LogP contribution in [-0.4, -0.2) is 40.2 Å². The molecule has 0 aromatic heterocycles. The third-order valence-electron chi connectivity index (χ3n) is 1.44. The van der Waals surface area contributed by atoms with Crippen LogP contribution >= 0.6 is 0 Å². The molecule has 0 aromatic rings. The molecule has 0 saturated carbocycles. The zero-order valence-corrected chi connectivity index (χ0v) is 6.79. The van der Waals surface area contributed by atoms with Gasteiger partial charge in [-0.25, -0.2) is 0 Å². The molecule has 0 bridgehead atoms. The summed E-state index contributed by atoms with van der Waals surface area (Å²) in [6.45, 7) is -0.289. The van der Waals surface area contributed by atoms with Crippen LogP contribution in [0.2, 0.25) is 0 Å². The normalized spacial score (nSPS) is 30.8. The second-order valence-corrected chi connectivity index (χ2v) is 2.28. The highest BCUT2D eigenvalue weighted by molar-refractivity contribution is 4.96. The summed E-state index contributed by atoms with van der Waals surface area (Å²) >= 11 is 0. The smallest absolute Gasteiger partial charge is 0.211 e. The number of aliphatic hydroxyl groups excluding tert-OH is 3. The monoisotopic (exact) mass is 190 g/mol. The van der Waals surface area contributed by atoms with Crippen molar-refractivity contribution in [3.05, 3.63) is 12.3 Å². The number of aliphatic hydroxyl groups is 3. The minimum atomic E-state index is -1.02. The average Bonchev–Trinajstić information content (AvgIpc) is 2.11. The number of hydrogen-bond acceptors (Lipinski definition) is 6. The maximum Gasteiger partial charge on any atom is 0.211 e. The van der Waals surface area contributed by atoms with Gasteiger partial charge < -0.3 is 20.1 Å². The summed E-state index contributed by atoms with van der Waals surface area (Å²) in [6, 6.07) is 0. The van der Waals surface area contributed by atoms with Crippen molar-refractivity contribution in [2.45, 2.75) is 18.3 Å². The fraction of sp³-hybridized carbons (Fsp3) is 0.667. The molecule has 0 aliphatic carbocycles. The van der Waals surface area contributed by atoms with E-state index in [4.69, 9.17) is 31.1 Å². The molecule has 5 N–H and O–H groups in total. The van der Waals surface area contributed by atoms with E-state index >= 15 is 0 Å². The SMILES string of the molecule is N=[N+]=N.OC[C@H]1OC=C[C@@H](O)[C@@H]1O. The number of nitrogens with zero attached hydrogens (tertiary/aromatic N) is 1. The van der Waals surface area contributed by atoms with Crippen molar-refractivity contribution in [3.8, 4) is 0 Å². The van der Waals surface area contributed by atoms with Gasteiger partial charge in [-0.05, 0) is 6.08 Å². The Kier molecular flexibility index (Phi) is 5.66. The molecule has 0 spiro atoms. The minimum Gasteiger partial charge on any atom is -0.493 e. The largest absolute Gasteiger partial charge is 0.493 e. The van der Waals surface area contributed by atoms with Gasteiger partial charge in [-0.2, -0.15) is 0 Å². The van der Waals surface area contributed by atoms with Crippen LogP contribution in [0.3, 0.4) is 0 Å². The molecule has 0 amide bonds. The van der Waals surface area contributed by atoms with Gasteiger partial charge in [0.25, 0.3) is 0 Å². The van der Waals surface area contributed by atoms with Crippen LogP contribution in [0.15, 0.2) is 12.3 Å². The Hall–Kier alpha value is -1.27. The van der Waals surface area contributed by atoms with Gasteiger partial charge in [-0.15, -0.1) is 0 Å². The van der Waals surface area contributed by atoms with E-state index in [2.05, 4.69) is 0 Å². The first-order chi connectivity index (χ1) is 6.17. The second-order valence-electron chi connectivity index (χ2n) is 2.28. The van der Waals surface area contributed by atoms with E-state index in [0.29, 0.717) is 0 Å². The van der Waals surface area contributed by atoms with Crippen molar-refractivity contribution in [1.82, 2.24) is 4.91 Å². The topological polar surface area (TPSA) is 132 Å². The van der Waals surface area contributed by atoms with Crippen LogP contribution < -0.4 is 4.91 Å². The van der Waals surface area contributed by atoms with Crippen molar-refractivity contribution < 1.29 is 20.1 Å². The Morgan fingerprint density at radius 3 is 2.31 bits per heavy atom. The van der Waals surface area contributed by atoms with Crippen LogP contribution in [0.5, 0.6) is 0 Å². The highest BCUT2D eigenvalue weighted by Crippen LogP contribution is 2.10. The van der Waals surface area contributed by atoms with E-state index in [0.717, 1.165) is 0 Å². The Morgan fingerprint density at radius 1 is 1.38 bits per heavy atom. The molecule has 0 saturated heterocycles. The lowest BCUT2D eigenvalue weighted by Gasteiger charge is -2.26.